The predicted molar refractivity (Wildman–Crippen MR) is 92.8 cm³/mol. The number of nitrogens with one attached hydrogen (secondary N) is 1. The fourth-order valence-corrected chi connectivity index (χ4v) is 2.01. The topological polar surface area (TPSA) is 64.3 Å². The van der Waals surface area contributed by atoms with Crippen LogP contribution in [0.3, 0.4) is 0 Å². The number of nitrogens with two attached hydrogens (primary N) is 1. The Labute approximate surface area is 140 Å². The number of anilines is 2. The number of esters is 1. The molecule has 0 fully saturated rings. The van der Waals surface area contributed by atoms with Crippen LogP contribution in [0.2, 0.25) is 10.0 Å². The summed E-state index contributed by atoms with van der Waals surface area (Å²) < 4.78 is 4.86. The zero-order valence-corrected chi connectivity index (χ0v) is 13.9. The van der Waals surface area contributed by atoms with E-state index in [9.17, 15) is 4.79 Å². The second-order valence-electron chi connectivity index (χ2n) is 4.21. The summed E-state index contributed by atoms with van der Waals surface area (Å²) in [5.74, 6) is -0.330. The van der Waals surface area contributed by atoms with E-state index < -0.39 is 0 Å². The molecule has 2 aromatic rings. The first-order valence-corrected chi connectivity index (χ1v) is 7.39. The van der Waals surface area contributed by atoms with Crippen molar-refractivity contribution in [3.05, 3.63) is 58.1 Å². The predicted octanol–water partition coefficient (Wildman–Crippen LogP) is 4.48. The molecule has 0 saturated heterocycles. The number of halogens is 2. The van der Waals surface area contributed by atoms with Crippen LogP contribution in [0.15, 0.2) is 42.5 Å². The van der Waals surface area contributed by atoms with Crippen molar-refractivity contribution < 1.29 is 9.53 Å². The average Bonchev–Trinajstić information content (AvgIpc) is 2.48. The monoisotopic (exact) mass is 340 g/mol. The van der Waals surface area contributed by atoms with Crippen molar-refractivity contribution in [2.75, 3.05) is 24.7 Å². The van der Waals surface area contributed by atoms with Gasteiger partial charge in [-0.15, -0.1) is 0 Å². The first-order chi connectivity index (χ1) is 10.5. The van der Waals surface area contributed by atoms with Gasteiger partial charge in [0.2, 0.25) is 0 Å². The van der Waals surface area contributed by atoms with Gasteiger partial charge < -0.3 is 15.8 Å². The van der Waals surface area contributed by atoms with E-state index in [-0.39, 0.29) is 5.97 Å². The Kier molecular flexibility index (Phi) is 7.57. The third-order valence-electron chi connectivity index (χ3n) is 2.62. The molecular weight excluding hydrogens is 323 g/mol. The number of hydrogen-bond donors (Lipinski definition) is 2. The third kappa shape index (κ3) is 5.84. The summed E-state index contributed by atoms with van der Waals surface area (Å²) in [6.45, 7) is 2.15. The van der Waals surface area contributed by atoms with E-state index in [2.05, 4.69) is 5.32 Å². The lowest BCUT2D eigenvalue weighted by Crippen LogP contribution is -2.06. The molecule has 0 aliphatic heterocycles. The molecule has 0 aliphatic carbocycles. The smallest absolute Gasteiger partial charge is 0.338 e. The molecule has 118 valence electrons. The summed E-state index contributed by atoms with van der Waals surface area (Å²) in [5, 5.41) is 4.26. The maximum Gasteiger partial charge on any atom is 0.338 e. The minimum absolute atomic E-state index is 0.330. The van der Waals surface area contributed by atoms with Crippen LogP contribution in [0.1, 0.15) is 17.3 Å². The highest BCUT2D eigenvalue weighted by Crippen LogP contribution is 2.19. The molecule has 0 bridgehead atoms. The molecule has 0 radical (unpaired) electrons. The average molecular weight is 341 g/mol. The summed E-state index contributed by atoms with van der Waals surface area (Å²) in [6, 6.07) is 12.1. The van der Waals surface area contributed by atoms with Crippen LogP contribution in [-0.2, 0) is 4.74 Å². The van der Waals surface area contributed by atoms with Gasteiger partial charge in [-0.2, -0.15) is 0 Å². The number of benzene rings is 2. The van der Waals surface area contributed by atoms with Crippen LogP contribution in [0.5, 0.6) is 0 Å². The zero-order chi connectivity index (χ0) is 16.5. The second kappa shape index (κ2) is 9.18. The normalized spacial score (nSPS) is 9.45. The van der Waals surface area contributed by atoms with Gasteiger partial charge in [-0.1, -0.05) is 29.3 Å². The number of carbonyl (C=O) groups excluding carboxylic acids is 1. The van der Waals surface area contributed by atoms with Crippen LogP contribution in [-0.4, -0.2) is 19.6 Å². The largest absolute Gasteiger partial charge is 0.462 e. The Hall–Kier alpha value is -1.91. The van der Waals surface area contributed by atoms with E-state index in [1.807, 2.05) is 6.07 Å². The summed E-state index contributed by atoms with van der Waals surface area (Å²) >= 11 is 11.1. The van der Waals surface area contributed by atoms with Crippen molar-refractivity contribution in [1.29, 1.82) is 0 Å². The molecule has 6 heteroatoms. The van der Waals surface area contributed by atoms with E-state index in [4.69, 9.17) is 33.7 Å². The minimum atomic E-state index is -0.330. The van der Waals surface area contributed by atoms with Gasteiger partial charge in [-0.25, -0.2) is 4.79 Å². The van der Waals surface area contributed by atoms with Crippen molar-refractivity contribution >= 4 is 40.5 Å². The lowest BCUT2D eigenvalue weighted by atomic mass is 10.2. The molecule has 0 aliphatic rings. The standard InChI is InChI=1S/C10H14N2O2.C6H4Cl2/c1-3-14-10(13)7-4-5-8(11)9(6-7)12-2;7-5-2-1-3-6(8)4-5/h4-6,12H,3,11H2,1-2H3;1-4H. The highest BCUT2D eigenvalue weighted by Gasteiger charge is 2.07. The lowest BCUT2D eigenvalue weighted by Gasteiger charge is -2.07. The molecule has 0 heterocycles. The number of ether oxygens (including phenoxy) is 1. The minimum Gasteiger partial charge on any atom is -0.462 e. The molecule has 2 aromatic carbocycles. The van der Waals surface area contributed by atoms with Gasteiger partial charge in [-0.05, 0) is 43.3 Å². The summed E-state index contributed by atoms with van der Waals surface area (Å²) in [7, 11) is 1.75. The van der Waals surface area contributed by atoms with E-state index >= 15 is 0 Å². The number of hydrogen-bond acceptors (Lipinski definition) is 4. The number of nitrogen functional groups attached to an aromatic ring is 1. The van der Waals surface area contributed by atoms with E-state index in [1.54, 1.807) is 50.4 Å². The first kappa shape index (κ1) is 18.1. The van der Waals surface area contributed by atoms with Crippen molar-refractivity contribution in [3.8, 4) is 0 Å². The Morgan fingerprint density at radius 3 is 2.27 bits per heavy atom. The molecule has 2 rings (SSSR count). The van der Waals surface area contributed by atoms with E-state index in [0.717, 1.165) is 5.69 Å². The van der Waals surface area contributed by atoms with E-state index in [1.165, 1.54) is 0 Å². The van der Waals surface area contributed by atoms with Gasteiger partial charge in [0.15, 0.2) is 0 Å². The Morgan fingerprint density at radius 1 is 1.18 bits per heavy atom. The maximum absolute atomic E-state index is 11.3. The van der Waals surface area contributed by atoms with Crippen LogP contribution in [0, 0.1) is 0 Å². The fourth-order valence-electron chi connectivity index (χ4n) is 1.57. The van der Waals surface area contributed by atoms with Gasteiger partial charge in [0.25, 0.3) is 0 Å². The van der Waals surface area contributed by atoms with Crippen LogP contribution in [0.4, 0.5) is 11.4 Å². The molecule has 22 heavy (non-hydrogen) atoms. The highest BCUT2D eigenvalue weighted by molar-refractivity contribution is 6.34. The Balaban J connectivity index is 0.000000255. The molecule has 0 spiro atoms. The Bertz CT molecular complexity index is 616. The molecule has 0 amide bonds. The van der Waals surface area contributed by atoms with Crippen LogP contribution in [0.25, 0.3) is 0 Å². The molecule has 0 saturated carbocycles. The molecule has 0 aromatic heterocycles. The van der Waals surface area contributed by atoms with Crippen LogP contribution >= 0.6 is 23.2 Å². The lowest BCUT2D eigenvalue weighted by molar-refractivity contribution is 0.0526. The quantitative estimate of drug-likeness (QED) is 0.638. The van der Waals surface area contributed by atoms with Gasteiger partial charge >= 0.3 is 5.97 Å². The molecule has 4 nitrogen and oxygen atoms in total. The van der Waals surface area contributed by atoms with E-state index in [0.29, 0.717) is 27.9 Å². The third-order valence-corrected chi connectivity index (χ3v) is 3.09. The highest BCUT2D eigenvalue weighted by atomic mass is 35.5. The molecular formula is C16H18Cl2N2O2. The van der Waals surface area contributed by atoms with Crippen molar-refractivity contribution in [3.63, 3.8) is 0 Å². The van der Waals surface area contributed by atoms with Crippen molar-refractivity contribution in [1.82, 2.24) is 0 Å². The number of rotatable bonds is 3. The van der Waals surface area contributed by atoms with Crippen molar-refractivity contribution in [2.45, 2.75) is 6.92 Å². The molecule has 0 unspecified atom stereocenters. The summed E-state index contributed by atoms with van der Waals surface area (Å²) in [6.07, 6.45) is 0. The van der Waals surface area contributed by atoms with Gasteiger partial charge in [0.05, 0.1) is 23.5 Å². The first-order valence-electron chi connectivity index (χ1n) is 6.63. The maximum atomic E-state index is 11.3. The van der Waals surface area contributed by atoms with Gasteiger partial charge in [0.1, 0.15) is 0 Å². The number of carbonyl (C=O) groups is 1. The fraction of sp³-hybridized carbons (Fsp3) is 0.188. The summed E-state index contributed by atoms with van der Waals surface area (Å²) in [4.78, 5) is 11.3. The Morgan fingerprint density at radius 2 is 1.82 bits per heavy atom. The molecule has 3 N–H and O–H groups in total. The van der Waals surface area contributed by atoms with Gasteiger partial charge in [-0.3, -0.25) is 0 Å². The van der Waals surface area contributed by atoms with Gasteiger partial charge in [0, 0.05) is 17.1 Å². The van der Waals surface area contributed by atoms with Crippen molar-refractivity contribution in [2.24, 2.45) is 0 Å². The van der Waals surface area contributed by atoms with Crippen LogP contribution < -0.4 is 11.1 Å². The molecule has 0 atom stereocenters. The SMILES string of the molecule is CCOC(=O)c1ccc(N)c(NC)c1.Clc1cccc(Cl)c1. The zero-order valence-electron chi connectivity index (χ0n) is 12.4. The summed E-state index contributed by atoms with van der Waals surface area (Å²) in [5.41, 5.74) is 7.51. The second-order valence-corrected chi connectivity index (χ2v) is 5.09.